The Kier molecular flexibility index (Phi) is 4.24. The van der Waals surface area contributed by atoms with Gasteiger partial charge in [-0.1, -0.05) is 37.1 Å². The largest absolute Gasteiger partial charge is 0.497 e. The van der Waals surface area contributed by atoms with E-state index in [0.717, 1.165) is 12.2 Å². The van der Waals surface area contributed by atoms with Crippen LogP contribution in [0.3, 0.4) is 0 Å². The second kappa shape index (κ2) is 5.48. The number of benzene rings is 1. The summed E-state index contributed by atoms with van der Waals surface area (Å²) in [7, 11) is 1.70. The van der Waals surface area contributed by atoms with Crippen LogP contribution >= 0.6 is 0 Å². The summed E-state index contributed by atoms with van der Waals surface area (Å²) in [6.45, 7) is 4.37. The SMILES string of the molecule is CCCC(C)=Cc1cccc(OC)c1. The van der Waals surface area contributed by atoms with Crippen molar-refractivity contribution in [2.45, 2.75) is 26.7 Å². The van der Waals surface area contributed by atoms with Crippen molar-refractivity contribution in [3.8, 4) is 5.75 Å². The summed E-state index contributed by atoms with van der Waals surface area (Å²) in [5, 5.41) is 0. The van der Waals surface area contributed by atoms with Crippen molar-refractivity contribution >= 4 is 6.08 Å². The molecule has 1 nitrogen and oxygen atoms in total. The predicted molar refractivity (Wildman–Crippen MR) is 61.6 cm³/mol. The highest BCUT2D eigenvalue weighted by Gasteiger charge is 1.93. The molecule has 1 aromatic carbocycles. The lowest BCUT2D eigenvalue weighted by molar-refractivity contribution is 0.414. The van der Waals surface area contributed by atoms with Crippen LogP contribution < -0.4 is 4.74 Å². The van der Waals surface area contributed by atoms with E-state index in [1.165, 1.54) is 17.6 Å². The molecule has 0 heterocycles. The molecular formula is C13H18O. The van der Waals surface area contributed by atoms with Crippen LogP contribution in [-0.4, -0.2) is 7.11 Å². The summed E-state index contributed by atoms with van der Waals surface area (Å²) in [4.78, 5) is 0. The number of rotatable bonds is 4. The Labute approximate surface area is 86.4 Å². The highest BCUT2D eigenvalue weighted by atomic mass is 16.5. The van der Waals surface area contributed by atoms with E-state index in [1.807, 2.05) is 12.1 Å². The maximum atomic E-state index is 5.17. The van der Waals surface area contributed by atoms with Crippen molar-refractivity contribution < 1.29 is 4.74 Å². The van der Waals surface area contributed by atoms with Gasteiger partial charge in [0.15, 0.2) is 0 Å². The monoisotopic (exact) mass is 190 g/mol. The average molecular weight is 190 g/mol. The van der Waals surface area contributed by atoms with Crippen molar-refractivity contribution in [1.29, 1.82) is 0 Å². The van der Waals surface area contributed by atoms with Gasteiger partial charge in [-0.3, -0.25) is 0 Å². The summed E-state index contributed by atoms with van der Waals surface area (Å²) >= 11 is 0. The Balaban J connectivity index is 2.80. The van der Waals surface area contributed by atoms with E-state index in [2.05, 4.69) is 32.1 Å². The molecule has 0 bridgehead atoms. The zero-order valence-electron chi connectivity index (χ0n) is 9.21. The van der Waals surface area contributed by atoms with Gasteiger partial charge in [0.2, 0.25) is 0 Å². The zero-order chi connectivity index (χ0) is 10.4. The molecule has 0 saturated heterocycles. The van der Waals surface area contributed by atoms with E-state index in [9.17, 15) is 0 Å². The summed E-state index contributed by atoms with van der Waals surface area (Å²) in [5.41, 5.74) is 2.64. The third kappa shape index (κ3) is 3.25. The lowest BCUT2D eigenvalue weighted by Crippen LogP contribution is -1.83. The van der Waals surface area contributed by atoms with Crippen LogP contribution in [0.1, 0.15) is 32.3 Å². The van der Waals surface area contributed by atoms with E-state index in [1.54, 1.807) is 7.11 Å². The van der Waals surface area contributed by atoms with Gasteiger partial charge in [-0.15, -0.1) is 0 Å². The van der Waals surface area contributed by atoms with E-state index in [0.29, 0.717) is 0 Å². The van der Waals surface area contributed by atoms with Crippen molar-refractivity contribution in [3.63, 3.8) is 0 Å². The molecular weight excluding hydrogens is 172 g/mol. The lowest BCUT2D eigenvalue weighted by Gasteiger charge is -2.02. The van der Waals surface area contributed by atoms with Crippen molar-refractivity contribution in [2.75, 3.05) is 7.11 Å². The highest BCUT2D eigenvalue weighted by molar-refractivity contribution is 5.54. The van der Waals surface area contributed by atoms with Crippen molar-refractivity contribution in [3.05, 3.63) is 35.4 Å². The molecule has 0 spiro atoms. The molecule has 0 amide bonds. The molecule has 0 saturated carbocycles. The van der Waals surface area contributed by atoms with Gasteiger partial charge in [-0.05, 0) is 31.0 Å². The molecule has 1 rings (SSSR count). The first-order valence-electron chi connectivity index (χ1n) is 5.07. The van der Waals surface area contributed by atoms with Gasteiger partial charge in [0.25, 0.3) is 0 Å². The fourth-order valence-corrected chi connectivity index (χ4v) is 1.48. The molecule has 0 aliphatic heterocycles. The fourth-order valence-electron chi connectivity index (χ4n) is 1.48. The van der Waals surface area contributed by atoms with Crippen molar-refractivity contribution in [2.24, 2.45) is 0 Å². The Morgan fingerprint density at radius 2 is 2.21 bits per heavy atom. The van der Waals surface area contributed by atoms with Crippen LogP contribution in [0.25, 0.3) is 6.08 Å². The summed E-state index contributed by atoms with van der Waals surface area (Å²) in [6.07, 6.45) is 4.58. The minimum atomic E-state index is 0.919. The number of hydrogen-bond donors (Lipinski definition) is 0. The second-order valence-corrected chi connectivity index (χ2v) is 3.52. The molecule has 1 aromatic rings. The Morgan fingerprint density at radius 1 is 1.43 bits per heavy atom. The molecule has 0 aromatic heterocycles. The van der Waals surface area contributed by atoms with E-state index in [4.69, 9.17) is 4.74 Å². The average Bonchev–Trinajstić information content (AvgIpc) is 2.18. The van der Waals surface area contributed by atoms with E-state index in [-0.39, 0.29) is 0 Å². The third-order valence-electron chi connectivity index (χ3n) is 2.15. The zero-order valence-corrected chi connectivity index (χ0v) is 9.21. The van der Waals surface area contributed by atoms with Gasteiger partial charge in [-0.2, -0.15) is 0 Å². The van der Waals surface area contributed by atoms with Crippen LogP contribution in [0.2, 0.25) is 0 Å². The van der Waals surface area contributed by atoms with Gasteiger partial charge in [0, 0.05) is 0 Å². The van der Waals surface area contributed by atoms with Gasteiger partial charge in [-0.25, -0.2) is 0 Å². The Morgan fingerprint density at radius 3 is 2.86 bits per heavy atom. The van der Waals surface area contributed by atoms with Gasteiger partial charge in [0.05, 0.1) is 7.11 Å². The smallest absolute Gasteiger partial charge is 0.119 e. The highest BCUT2D eigenvalue weighted by Crippen LogP contribution is 2.16. The first-order chi connectivity index (χ1) is 6.76. The number of ether oxygens (including phenoxy) is 1. The van der Waals surface area contributed by atoms with E-state index >= 15 is 0 Å². The molecule has 0 unspecified atom stereocenters. The fraction of sp³-hybridized carbons (Fsp3) is 0.385. The molecule has 0 radical (unpaired) electrons. The molecule has 0 aliphatic carbocycles. The van der Waals surface area contributed by atoms with Gasteiger partial charge < -0.3 is 4.74 Å². The van der Waals surface area contributed by atoms with Crippen LogP contribution in [0.15, 0.2) is 29.8 Å². The Bertz CT molecular complexity index is 313. The first kappa shape index (κ1) is 10.8. The number of allylic oxidation sites excluding steroid dienone is 1. The maximum absolute atomic E-state index is 5.17. The predicted octanol–water partition coefficient (Wildman–Crippen LogP) is 3.90. The number of hydrogen-bond acceptors (Lipinski definition) is 1. The maximum Gasteiger partial charge on any atom is 0.119 e. The molecule has 1 heteroatoms. The molecule has 0 atom stereocenters. The molecule has 0 aliphatic rings. The van der Waals surface area contributed by atoms with Crippen LogP contribution in [0.4, 0.5) is 0 Å². The number of methoxy groups -OCH3 is 1. The standard InChI is InChI=1S/C13H18O/c1-4-6-11(2)9-12-7-5-8-13(10-12)14-3/h5,7-10H,4,6H2,1-3H3. The quantitative estimate of drug-likeness (QED) is 0.699. The molecule has 0 fully saturated rings. The molecule has 0 N–H and O–H groups in total. The van der Waals surface area contributed by atoms with E-state index < -0.39 is 0 Å². The van der Waals surface area contributed by atoms with Crippen molar-refractivity contribution in [1.82, 2.24) is 0 Å². The van der Waals surface area contributed by atoms with Gasteiger partial charge in [0.1, 0.15) is 5.75 Å². The minimum Gasteiger partial charge on any atom is -0.497 e. The topological polar surface area (TPSA) is 9.23 Å². The lowest BCUT2D eigenvalue weighted by atomic mass is 10.1. The summed E-state index contributed by atoms with van der Waals surface area (Å²) in [6, 6.07) is 8.14. The van der Waals surface area contributed by atoms with Crippen LogP contribution in [0.5, 0.6) is 5.75 Å². The van der Waals surface area contributed by atoms with Gasteiger partial charge >= 0.3 is 0 Å². The summed E-state index contributed by atoms with van der Waals surface area (Å²) < 4.78 is 5.17. The molecule has 14 heavy (non-hydrogen) atoms. The first-order valence-corrected chi connectivity index (χ1v) is 5.07. The Hall–Kier alpha value is -1.24. The van der Waals surface area contributed by atoms with Crippen LogP contribution in [0, 0.1) is 0 Å². The normalized spacial score (nSPS) is 11.5. The summed E-state index contributed by atoms with van der Waals surface area (Å²) in [5.74, 6) is 0.919. The third-order valence-corrected chi connectivity index (χ3v) is 2.15. The minimum absolute atomic E-state index is 0.919. The second-order valence-electron chi connectivity index (χ2n) is 3.52. The molecule has 76 valence electrons. The van der Waals surface area contributed by atoms with Crippen LogP contribution in [-0.2, 0) is 0 Å².